The number of halogens is 2. The fourth-order valence-electron chi connectivity index (χ4n) is 1.78. The van der Waals surface area contributed by atoms with Crippen molar-refractivity contribution in [1.82, 2.24) is 0 Å². The number of benzene rings is 1. The van der Waals surface area contributed by atoms with Crippen LogP contribution in [0.15, 0.2) is 18.2 Å². The first-order valence-corrected chi connectivity index (χ1v) is 5.65. The summed E-state index contributed by atoms with van der Waals surface area (Å²) in [6.07, 6.45) is 3.37. The molecule has 1 unspecified atom stereocenters. The molecule has 1 aromatic carbocycles. The summed E-state index contributed by atoms with van der Waals surface area (Å²) in [5.41, 5.74) is -1.04. The molecule has 16 heavy (non-hydrogen) atoms. The maximum Gasteiger partial charge on any atom is 0.132 e. The molecular formula is C13H18F2O. The van der Waals surface area contributed by atoms with E-state index in [1.54, 1.807) is 6.92 Å². The summed E-state index contributed by atoms with van der Waals surface area (Å²) in [7, 11) is 0. The van der Waals surface area contributed by atoms with Crippen LogP contribution < -0.4 is 0 Å². The van der Waals surface area contributed by atoms with Gasteiger partial charge in [0.1, 0.15) is 11.6 Å². The van der Waals surface area contributed by atoms with Gasteiger partial charge in [0, 0.05) is 11.6 Å². The predicted octanol–water partition coefficient (Wildman–Crippen LogP) is 3.75. The smallest absolute Gasteiger partial charge is 0.132 e. The molecule has 0 saturated carbocycles. The molecule has 1 aromatic rings. The largest absolute Gasteiger partial charge is 0.385 e. The van der Waals surface area contributed by atoms with Gasteiger partial charge in [-0.3, -0.25) is 0 Å². The van der Waals surface area contributed by atoms with E-state index in [0.717, 1.165) is 25.3 Å². The second kappa shape index (κ2) is 5.39. The van der Waals surface area contributed by atoms with Gasteiger partial charge in [-0.1, -0.05) is 32.3 Å². The molecule has 0 bridgehead atoms. The third-order valence-corrected chi connectivity index (χ3v) is 2.78. The molecule has 1 N–H and O–H groups in total. The molecule has 0 heterocycles. The van der Waals surface area contributed by atoms with Gasteiger partial charge in [-0.15, -0.1) is 0 Å². The van der Waals surface area contributed by atoms with Crippen molar-refractivity contribution < 1.29 is 13.9 Å². The molecule has 3 heteroatoms. The predicted molar refractivity (Wildman–Crippen MR) is 60.1 cm³/mol. The van der Waals surface area contributed by atoms with Crippen molar-refractivity contribution in [2.75, 3.05) is 0 Å². The highest BCUT2D eigenvalue weighted by Gasteiger charge is 2.25. The summed E-state index contributed by atoms with van der Waals surface area (Å²) < 4.78 is 26.2. The Hall–Kier alpha value is -0.960. The molecule has 0 amide bonds. The van der Waals surface area contributed by atoms with E-state index in [-0.39, 0.29) is 5.56 Å². The number of aliphatic hydroxyl groups is 1. The van der Waals surface area contributed by atoms with E-state index in [0.29, 0.717) is 6.42 Å². The lowest BCUT2D eigenvalue weighted by Crippen LogP contribution is -2.22. The fraction of sp³-hybridized carbons (Fsp3) is 0.538. The van der Waals surface area contributed by atoms with Crippen LogP contribution in [0.4, 0.5) is 8.78 Å². The minimum absolute atomic E-state index is 0.171. The van der Waals surface area contributed by atoms with Gasteiger partial charge in [-0.25, -0.2) is 8.78 Å². The van der Waals surface area contributed by atoms with Gasteiger partial charge in [-0.2, -0.15) is 0 Å². The first-order valence-electron chi connectivity index (χ1n) is 5.65. The van der Waals surface area contributed by atoms with Crippen molar-refractivity contribution in [3.8, 4) is 0 Å². The van der Waals surface area contributed by atoms with Gasteiger partial charge in [0.05, 0.1) is 5.60 Å². The highest BCUT2D eigenvalue weighted by atomic mass is 19.1. The minimum Gasteiger partial charge on any atom is -0.385 e. The van der Waals surface area contributed by atoms with Crippen LogP contribution in [0.3, 0.4) is 0 Å². The second-order valence-corrected chi connectivity index (χ2v) is 4.36. The Balaban J connectivity index is 2.80. The fourth-order valence-corrected chi connectivity index (χ4v) is 1.78. The summed E-state index contributed by atoms with van der Waals surface area (Å²) in [5.74, 6) is -1.30. The van der Waals surface area contributed by atoms with Crippen molar-refractivity contribution in [1.29, 1.82) is 0 Å². The van der Waals surface area contributed by atoms with E-state index >= 15 is 0 Å². The summed E-state index contributed by atoms with van der Waals surface area (Å²) in [4.78, 5) is 0. The first-order chi connectivity index (χ1) is 7.47. The lowest BCUT2D eigenvalue weighted by Gasteiger charge is -2.24. The second-order valence-electron chi connectivity index (χ2n) is 4.36. The van der Waals surface area contributed by atoms with Crippen LogP contribution >= 0.6 is 0 Å². The van der Waals surface area contributed by atoms with Crippen LogP contribution in [0, 0.1) is 11.6 Å². The number of hydrogen-bond donors (Lipinski definition) is 1. The summed E-state index contributed by atoms with van der Waals surface area (Å²) >= 11 is 0. The standard InChI is InChI=1S/C13H18F2O/c1-3-4-5-8-13(2,16)11-7-6-10(14)9-12(11)15/h6-7,9,16H,3-5,8H2,1-2H3. The van der Waals surface area contributed by atoms with Crippen molar-refractivity contribution in [3.05, 3.63) is 35.4 Å². The highest BCUT2D eigenvalue weighted by molar-refractivity contribution is 5.24. The molecule has 0 aliphatic heterocycles. The zero-order chi connectivity index (χ0) is 12.2. The van der Waals surface area contributed by atoms with Crippen molar-refractivity contribution in [2.24, 2.45) is 0 Å². The van der Waals surface area contributed by atoms with Crippen LogP contribution in [-0.4, -0.2) is 5.11 Å². The SMILES string of the molecule is CCCCCC(C)(O)c1ccc(F)cc1F. The molecule has 1 atom stereocenters. The normalized spacial score (nSPS) is 14.8. The van der Waals surface area contributed by atoms with Crippen molar-refractivity contribution >= 4 is 0 Å². The molecule has 1 nitrogen and oxygen atoms in total. The maximum absolute atomic E-state index is 13.5. The number of hydrogen-bond acceptors (Lipinski definition) is 1. The Bertz CT molecular complexity index is 348. The molecule has 0 radical (unpaired) electrons. The van der Waals surface area contributed by atoms with Gasteiger partial charge in [-0.05, 0) is 19.4 Å². The van der Waals surface area contributed by atoms with Crippen LogP contribution in [0.25, 0.3) is 0 Å². The van der Waals surface area contributed by atoms with Gasteiger partial charge in [0.15, 0.2) is 0 Å². The molecular weight excluding hydrogens is 210 g/mol. The van der Waals surface area contributed by atoms with Crippen LogP contribution in [-0.2, 0) is 5.60 Å². The van der Waals surface area contributed by atoms with E-state index in [4.69, 9.17) is 0 Å². The van der Waals surface area contributed by atoms with Gasteiger partial charge >= 0.3 is 0 Å². The van der Waals surface area contributed by atoms with Crippen molar-refractivity contribution in [2.45, 2.75) is 45.1 Å². The van der Waals surface area contributed by atoms with Gasteiger partial charge in [0.2, 0.25) is 0 Å². The van der Waals surface area contributed by atoms with E-state index in [9.17, 15) is 13.9 Å². The van der Waals surface area contributed by atoms with Gasteiger partial charge < -0.3 is 5.11 Å². The van der Waals surface area contributed by atoms with Gasteiger partial charge in [0.25, 0.3) is 0 Å². The quantitative estimate of drug-likeness (QED) is 0.761. The molecule has 0 aromatic heterocycles. The zero-order valence-corrected chi connectivity index (χ0v) is 9.76. The number of unbranched alkanes of at least 4 members (excludes halogenated alkanes) is 2. The molecule has 0 aliphatic carbocycles. The Morgan fingerprint density at radius 1 is 1.25 bits per heavy atom. The maximum atomic E-state index is 13.5. The summed E-state index contributed by atoms with van der Waals surface area (Å²) in [5, 5.41) is 10.1. The molecule has 0 fully saturated rings. The molecule has 90 valence electrons. The third-order valence-electron chi connectivity index (χ3n) is 2.78. The molecule has 0 spiro atoms. The highest BCUT2D eigenvalue weighted by Crippen LogP contribution is 2.29. The minimum atomic E-state index is -1.22. The zero-order valence-electron chi connectivity index (χ0n) is 9.76. The summed E-state index contributed by atoms with van der Waals surface area (Å²) in [6.45, 7) is 3.63. The average molecular weight is 228 g/mol. The average Bonchev–Trinajstić information content (AvgIpc) is 2.17. The Morgan fingerprint density at radius 2 is 1.94 bits per heavy atom. The van der Waals surface area contributed by atoms with E-state index in [1.807, 2.05) is 0 Å². The van der Waals surface area contributed by atoms with Crippen molar-refractivity contribution in [3.63, 3.8) is 0 Å². The van der Waals surface area contributed by atoms with Crippen LogP contribution in [0.5, 0.6) is 0 Å². The van der Waals surface area contributed by atoms with E-state index in [2.05, 4.69) is 6.92 Å². The number of rotatable bonds is 5. The van der Waals surface area contributed by atoms with Crippen LogP contribution in [0.2, 0.25) is 0 Å². The third kappa shape index (κ3) is 3.27. The first kappa shape index (κ1) is 13.1. The lowest BCUT2D eigenvalue weighted by molar-refractivity contribution is 0.0412. The van der Waals surface area contributed by atoms with E-state index in [1.165, 1.54) is 12.1 Å². The summed E-state index contributed by atoms with van der Waals surface area (Å²) in [6, 6.07) is 3.30. The molecule has 0 saturated heterocycles. The molecule has 1 rings (SSSR count). The van der Waals surface area contributed by atoms with Crippen LogP contribution in [0.1, 0.15) is 45.1 Å². The lowest BCUT2D eigenvalue weighted by atomic mass is 9.90. The Labute approximate surface area is 95.1 Å². The Morgan fingerprint density at radius 3 is 2.50 bits per heavy atom. The monoisotopic (exact) mass is 228 g/mol. The topological polar surface area (TPSA) is 20.2 Å². The van der Waals surface area contributed by atoms with E-state index < -0.39 is 17.2 Å². The Kier molecular flexibility index (Phi) is 4.42. The molecule has 0 aliphatic rings.